The van der Waals surface area contributed by atoms with Gasteiger partial charge in [0, 0.05) is 28.9 Å². The van der Waals surface area contributed by atoms with Gasteiger partial charge in [0.1, 0.15) is 0 Å². The first-order chi connectivity index (χ1) is 6.36. The fraction of sp³-hybridized carbons (Fsp3) is 0.500. The van der Waals surface area contributed by atoms with Crippen molar-refractivity contribution in [3.63, 3.8) is 0 Å². The van der Waals surface area contributed by atoms with Gasteiger partial charge in [-0.05, 0) is 25.0 Å². The minimum absolute atomic E-state index is 0.492. The van der Waals surface area contributed by atoms with Crippen LogP contribution in [-0.2, 0) is 4.74 Å². The van der Waals surface area contributed by atoms with Crippen LogP contribution in [0.4, 0.5) is 0 Å². The number of aromatic nitrogens is 1. The molecule has 0 amide bonds. The van der Waals surface area contributed by atoms with Crippen LogP contribution in [0.5, 0.6) is 0 Å². The second-order valence-corrected chi connectivity index (χ2v) is 4.23. The molecule has 0 aliphatic carbocycles. The van der Waals surface area contributed by atoms with Crippen molar-refractivity contribution in [1.82, 2.24) is 4.98 Å². The lowest BCUT2D eigenvalue weighted by atomic mass is 9.98. The first-order valence-corrected chi connectivity index (χ1v) is 5.35. The van der Waals surface area contributed by atoms with E-state index in [2.05, 4.69) is 27.0 Å². The molecule has 1 aromatic heterocycles. The summed E-state index contributed by atoms with van der Waals surface area (Å²) in [7, 11) is 0. The summed E-state index contributed by atoms with van der Waals surface area (Å²) in [5.74, 6) is 0.492. The summed E-state index contributed by atoms with van der Waals surface area (Å²) in [6.07, 6.45) is 4.19. The molecule has 1 aliphatic heterocycles. The van der Waals surface area contributed by atoms with Crippen LogP contribution in [0.15, 0.2) is 22.8 Å². The SMILES string of the molecule is Brc1ccnc(C2CCCOC2)c1. The smallest absolute Gasteiger partial charge is 0.0549 e. The van der Waals surface area contributed by atoms with E-state index in [0.717, 1.165) is 29.8 Å². The van der Waals surface area contributed by atoms with Crippen molar-refractivity contribution in [3.8, 4) is 0 Å². The Morgan fingerprint density at radius 1 is 1.54 bits per heavy atom. The van der Waals surface area contributed by atoms with Gasteiger partial charge in [-0.3, -0.25) is 4.98 Å². The molecule has 2 rings (SSSR count). The monoisotopic (exact) mass is 241 g/mol. The third-order valence-corrected chi connectivity index (χ3v) is 2.81. The van der Waals surface area contributed by atoms with Crippen molar-refractivity contribution < 1.29 is 4.74 Å². The average Bonchev–Trinajstić information content (AvgIpc) is 2.19. The number of hydrogen-bond acceptors (Lipinski definition) is 2. The highest BCUT2D eigenvalue weighted by molar-refractivity contribution is 9.10. The summed E-state index contributed by atoms with van der Waals surface area (Å²) in [5, 5.41) is 0. The molecule has 1 unspecified atom stereocenters. The molecule has 1 fully saturated rings. The fourth-order valence-corrected chi connectivity index (χ4v) is 1.97. The number of pyridine rings is 1. The molecule has 1 aliphatic rings. The van der Waals surface area contributed by atoms with Crippen molar-refractivity contribution in [2.75, 3.05) is 13.2 Å². The number of halogens is 1. The minimum Gasteiger partial charge on any atom is -0.381 e. The fourth-order valence-electron chi connectivity index (χ4n) is 1.62. The molecule has 1 aromatic rings. The first-order valence-electron chi connectivity index (χ1n) is 4.55. The molecule has 2 nitrogen and oxygen atoms in total. The Morgan fingerprint density at radius 2 is 2.46 bits per heavy atom. The highest BCUT2D eigenvalue weighted by Gasteiger charge is 2.16. The van der Waals surface area contributed by atoms with Gasteiger partial charge in [-0.25, -0.2) is 0 Å². The molecule has 13 heavy (non-hydrogen) atoms. The Balaban J connectivity index is 2.14. The van der Waals surface area contributed by atoms with Crippen molar-refractivity contribution in [1.29, 1.82) is 0 Å². The Kier molecular flexibility index (Phi) is 2.96. The number of rotatable bonds is 1. The summed E-state index contributed by atoms with van der Waals surface area (Å²) >= 11 is 3.45. The van der Waals surface area contributed by atoms with Crippen molar-refractivity contribution in [2.45, 2.75) is 18.8 Å². The highest BCUT2D eigenvalue weighted by Crippen LogP contribution is 2.25. The van der Waals surface area contributed by atoms with Crippen molar-refractivity contribution in [2.24, 2.45) is 0 Å². The third-order valence-electron chi connectivity index (χ3n) is 2.32. The number of ether oxygens (including phenoxy) is 1. The van der Waals surface area contributed by atoms with E-state index in [9.17, 15) is 0 Å². The second-order valence-electron chi connectivity index (χ2n) is 3.31. The molecule has 1 saturated heterocycles. The molecule has 0 radical (unpaired) electrons. The maximum absolute atomic E-state index is 5.42. The van der Waals surface area contributed by atoms with E-state index >= 15 is 0 Å². The largest absolute Gasteiger partial charge is 0.381 e. The molecule has 70 valence electrons. The average molecular weight is 242 g/mol. The van der Waals surface area contributed by atoms with Gasteiger partial charge in [0.25, 0.3) is 0 Å². The molecule has 2 heterocycles. The molecule has 0 N–H and O–H groups in total. The van der Waals surface area contributed by atoms with Crippen LogP contribution in [0, 0.1) is 0 Å². The summed E-state index contributed by atoms with van der Waals surface area (Å²) in [4.78, 5) is 4.35. The van der Waals surface area contributed by atoms with Crippen LogP contribution in [0.3, 0.4) is 0 Å². The highest BCUT2D eigenvalue weighted by atomic mass is 79.9. The molecule has 0 bridgehead atoms. The van der Waals surface area contributed by atoms with Crippen molar-refractivity contribution in [3.05, 3.63) is 28.5 Å². The van der Waals surface area contributed by atoms with Gasteiger partial charge in [-0.2, -0.15) is 0 Å². The number of hydrogen-bond donors (Lipinski definition) is 0. The van der Waals surface area contributed by atoms with Crippen LogP contribution in [0.2, 0.25) is 0 Å². The van der Waals surface area contributed by atoms with Crippen LogP contribution in [-0.4, -0.2) is 18.2 Å². The lowest BCUT2D eigenvalue weighted by Crippen LogP contribution is -2.16. The second kappa shape index (κ2) is 4.20. The van der Waals surface area contributed by atoms with Crippen LogP contribution < -0.4 is 0 Å². The molecule has 3 heteroatoms. The van der Waals surface area contributed by atoms with E-state index < -0.39 is 0 Å². The predicted molar refractivity (Wildman–Crippen MR) is 54.7 cm³/mol. The van der Waals surface area contributed by atoms with Gasteiger partial charge >= 0.3 is 0 Å². The van der Waals surface area contributed by atoms with E-state index in [1.54, 1.807) is 0 Å². The van der Waals surface area contributed by atoms with Gasteiger partial charge in [0.05, 0.1) is 6.61 Å². The van der Waals surface area contributed by atoms with E-state index in [1.165, 1.54) is 6.42 Å². The van der Waals surface area contributed by atoms with Gasteiger partial charge in [-0.15, -0.1) is 0 Å². The van der Waals surface area contributed by atoms with Gasteiger partial charge < -0.3 is 4.74 Å². The topological polar surface area (TPSA) is 22.1 Å². The summed E-state index contributed by atoms with van der Waals surface area (Å²) in [5.41, 5.74) is 1.15. The van der Waals surface area contributed by atoms with Crippen LogP contribution in [0.1, 0.15) is 24.5 Å². The summed E-state index contributed by atoms with van der Waals surface area (Å²) in [6, 6.07) is 4.03. The maximum atomic E-state index is 5.42. The lowest BCUT2D eigenvalue weighted by Gasteiger charge is -2.21. The molecule has 1 atom stereocenters. The summed E-state index contributed by atoms with van der Waals surface area (Å²) < 4.78 is 6.52. The maximum Gasteiger partial charge on any atom is 0.0549 e. The van der Waals surface area contributed by atoms with Crippen molar-refractivity contribution >= 4 is 15.9 Å². The Labute approximate surface area is 86.5 Å². The van der Waals surface area contributed by atoms with E-state index in [4.69, 9.17) is 4.74 Å². The minimum atomic E-state index is 0.492. The van der Waals surface area contributed by atoms with Gasteiger partial charge in [-0.1, -0.05) is 15.9 Å². The molecular weight excluding hydrogens is 230 g/mol. The zero-order valence-corrected chi connectivity index (χ0v) is 8.96. The van der Waals surface area contributed by atoms with Crippen LogP contribution >= 0.6 is 15.9 Å². The Hall–Kier alpha value is -0.410. The normalized spacial score (nSPS) is 23.0. The summed E-state index contributed by atoms with van der Waals surface area (Å²) in [6.45, 7) is 1.73. The molecule has 0 saturated carbocycles. The van der Waals surface area contributed by atoms with E-state index in [1.807, 2.05) is 12.3 Å². The zero-order chi connectivity index (χ0) is 9.10. The quantitative estimate of drug-likeness (QED) is 0.755. The van der Waals surface area contributed by atoms with E-state index in [0.29, 0.717) is 5.92 Å². The molecule has 0 aromatic carbocycles. The Bertz CT molecular complexity index is 284. The Morgan fingerprint density at radius 3 is 3.15 bits per heavy atom. The number of nitrogens with zero attached hydrogens (tertiary/aromatic N) is 1. The zero-order valence-electron chi connectivity index (χ0n) is 7.37. The first kappa shape index (κ1) is 9.16. The van der Waals surface area contributed by atoms with Crippen LogP contribution in [0.25, 0.3) is 0 Å². The molecular formula is C10H12BrNO. The predicted octanol–water partition coefficient (Wildman–Crippen LogP) is 2.74. The van der Waals surface area contributed by atoms with E-state index in [-0.39, 0.29) is 0 Å². The molecule has 0 spiro atoms. The lowest BCUT2D eigenvalue weighted by molar-refractivity contribution is 0.0793. The van der Waals surface area contributed by atoms with Gasteiger partial charge in [0.2, 0.25) is 0 Å². The van der Waals surface area contributed by atoms with Gasteiger partial charge in [0.15, 0.2) is 0 Å². The third kappa shape index (κ3) is 2.29. The standard InChI is InChI=1S/C10H12BrNO/c11-9-3-4-12-10(6-9)8-2-1-5-13-7-8/h3-4,6,8H,1-2,5,7H2.